The number of ketones is 1. The lowest BCUT2D eigenvalue weighted by atomic mass is 10.0. The summed E-state index contributed by atoms with van der Waals surface area (Å²) in [6.07, 6.45) is 5.89. The Morgan fingerprint density at radius 1 is 1.14 bits per heavy atom. The van der Waals surface area contributed by atoms with E-state index in [4.69, 9.17) is 10.2 Å². The van der Waals surface area contributed by atoms with Gasteiger partial charge in [0.1, 0.15) is 0 Å². The number of H-pyrrole nitrogens is 1. The molecular formula is C21H23N3O5. The van der Waals surface area contributed by atoms with Crippen LogP contribution in [0.25, 0.3) is 10.9 Å². The highest BCUT2D eigenvalue weighted by molar-refractivity contribution is 6.08. The number of carbonyl (C=O) groups is 3. The number of carboxylic acids is 2. The molecule has 3 aromatic rings. The van der Waals surface area contributed by atoms with Crippen molar-refractivity contribution in [3.05, 3.63) is 65.4 Å². The van der Waals surface area contributed by atoms with Crippen molar-refractivity contribution in [2.75, 3.05) is 0 Å². The molecule has 8 nitrogen and oxygen atoms in total. The van der Waals surface area contributed by atoms with Crippen molar-refractivity contribution in [2.24, 2.45) is 7.05 Å². The third-order valence-corrected chi connectivity index (χ3v) is 4.34. The first-order chi connectivity index (χ1) is 13.7. The van der Waals surface area contributed by atoms with Crippen LogP contribution in [0.3, 0.4) is 0 Å². The zero-order chi connectivity index (χ0) is 21.6. The number of aromatic amines is 1. The molecule has 152 valence electrons. The van der Waals surface area contributed by atoms with E-state index in [1.54, 1.807) is 6.33 Å². The van der Waals surface area contributed by atoms with Gasteiger partial charge in [0.05, 0.1) is 12.0 Å². The van der Waals surface area contributed by atoms with Crippen LogP contribution >= 0.6 is 0 Å². The zero-order valence-corrected chi connectivity index (χ0v) is 16.5. The first-order valence-electron chi connectivity index (χ1n) is 8.90. The molecule has 2 aromatic heterocycles. The lowest BCUT2D eigenvalue weighted by Gasteiger charge is -2.00. The van der Waals surface area contributed by atoms with Crippen LogP contribution in [0.2, 0.25) is 0 Å². The summed E-state index contributed by atoms with van der Waals surface area (Å²) in [6.45, 7) is 4.03. The Labute approximate surface area is 167 Å². The molecule has 3 N–H and O–H groups in total. The molecule has 0 radical (unpaired) electrons. The smallest absolute Gasteiger partial charge is 0.328 e. The Balaban J connectivity index is 0.000000321. The van der Waals surface area contributed by atoms with Crippen LogP contribution in [0.5, 0.6) is 0 Å². The number of aromatic nitrogens is 3. The first-order valence-corrected chi connectivity index (χ1v) is 8.90. The molecule has 0 unspecified atom stereocenters. The highest BCUT2D eigenvalue weighted by atomic mass is 16.4. The second-order valence-corrected chi connectivity index (χ2v) is 6.58. The van der Waals surface area contributed by atoms with E-state index in [2.05, 4.69) is 28.2 Å². The van der Waals surface area contributed by atoms with E-state index >= 15 is 0 Å². The van der Waals surface area contributed by atoms with E-state index in [9.17, 15) is 14.4 Å². The molecule has 0 atom stereocenters. The van der Waals surface area contributed by atoms with E-state index in [-0.39, 0.29) is 5.78 Å². The Bertz CT molecular complexity index is 1060. The number of imidazole rings is 1. The van der Waals surface area contributed by atoms with E-state index in [1.165, 1.54) is 5.56 Å². The molecule has 1 aromatic carbocycles. The maximum absolute atomic E-state index is 12.5. The molecule has 0 saturated heterocycles. The topological polar surface area (TPSA) is 125 Å². The maximum atomic E-state index is 12.5. The minimum Gasteiger partial charge on any atom is -0.478 e. The maximum Gasteiger partial charge on any atom is 0.328 e. The van der Waals surface area contributed by atoms with E-state index in [1.807, 2.05) is 31.7 Å². The molecule has 3 rings (SSSR count). The van der Waals surface area contributed by atoms with Crippen molar-refractivity contribution in [1.82, 2.24) is 14.5 Å². The molecule has 29 heavy (non-hydrogen) atoms. The van der Waals surface area contributed by atoms with Crippen LogP contribution in [0.4, 0.5) is 0 Å². The molecule has 0 aliphatic heterocycles. The summed E-state index contributed by atoms with van der Waals surface area (Å²) in [4.78, 5) is 38.9. The lowest BCUT2D eigenvalue weighted by Crippen LogP contribution is -2.01. The van der Waals surface area contributed by atoms with Gasteiger partial charge in [-0.1, -0.05) is 11.6 Å². The summed E-state index contributed by atoms with van der Waals surface area (Å²) in [7, 11) is 1.98. The normalized spacial score (nSPS) is 10.7. The van der Waals surface area contributed by atoms with Crippen molar-refractivity contribution in [3.63, 3.8) is 0 Å². The van der Waals surface area contributed by atoms with Gasteiger partial charge >= 0.3 is 11.9 Å². The quantitative estimate of drug-likeness (QED) is 0.434. The van der Waals surface area contributed by atoms with Gasteiger partial charge in [0.2, 0.25) is 0 Å². The van der Waals surface area contributed by atoms with Gasteiger partial charge in [-0.2, -0.15) is 0 Å². The van der Waals surface area contributed by atoms with Gasteiger partial charge in [-0.25, -0.2) is 14.6 Å². The SMILES string of the molecule is Cc1ccc2c(c1)c(C(=O)CCc1nc[nH]c1C)cn2C.O=C(O)/C=C\C(=O)O. The van der Waals surface area contributed by atoms with Gasteiger partial charge in [0, 0.05) is 54.0 Å². The number of carboxylic acid groups (broad SMARTS) is 2. The third kappa shape index (κ3) is 5.90. The summed E-state index contributed by atoms with van der Waals surface area (Å²) in [6, 6.07) is 6.23. The number of Topliss-reactive ketones (excluding diaryl/α,β-unsaturated/α-hetero) is 1. The van der Waals surface area contributed by atoms with Gasteiger partial charge in [0.25, 0.3) is 0 Å². The second-order valence-electron chi connectivity index (χ2n) is 6.58. The van der Waals surface area contributed by atoms with Crippen LogP contribution in [-0.4, -0.2) is 42.5 Å². The summed E-state index contributed by atoms with van der Waals surface area (Å²) >= 11 is 0. The number of aliphatic carboxylic acids is 2. The van der Waals surface area contributed by atoms with Crippen molar-refractivity contribution in [2.45, 2.75) is 26.7 Å². The van der Waals surface area contributed by atoms with Crippen LogP contribution in [-0.2, 0) is 23.1 Å². The molecule has 0 fully saturated rings. The van der Waals surface area contributed by atoms with Crippen molar-refractivity contribution in [1.29, 1.82) is 0 Å². The largest absolute Gasteiger partial charge is 0.478 e. The molecule has 8 heteroatoms. The number of benzene rings is 1. The van der Waals surface area contributed by atoms with Crippen molar-refractivity contribution >= 4 is 28.6 Å². The van der Waals surface area contributed by atoms with Crippen LogP contribution in [0.15, 0.2) is 42.9 Å². The van der Waals surface area contributed by atoms with Gasteiger partial charge in [-0.3, -0.25) is 4.79 Å². The molecule has 2 heterocycles. The fourth-order valence-electron chi connectivity index (χ4n) is 2.88. The molecular weight excluding hydrogens is 374 g/mol. The minimum absolute atomic E-state index is 0.175. The third-order valence-electron chi connectivity index (χ3n) is 4.34. The number of hydrogen-bond acceptors (Lipinski definition) is 4. The Morgan fingerprint density at radius 2 is 1.79 bits per heavy atom. The number of nitrogens with zero attached hydrogens (tertiary/aromatic N) is 2. The number of rotatable bonds is 6. The number of carbonyl (C=O) groups excluding carboxylic acids is 1. The molecule has 0 amide bonds. The van der Waals surface area contributed by atoms with E-state index < -0.39 is 11.9 Å². The number of aryl methyl sites for hydroxylation is 4. The van der Waals surface area contributed by atoms with Crippen molar-refractivity contribution < 1.29 is 24.6 Å². The average molecular weight is 397 g/mol. The number of hydrogen-bond donors (Lipinski definition) is 3. The molecule has 0 aliphatic rings. The zero-order valence-electron chi connectivity index (χ0n) is 16.5. The Kier molecular flexibility index (Phi) is 7.08. The summed E-state index contributed by atoms with van der Waals surface area (Å²) < 4.78 is 2.02. The van der Waals surface area contributed by atoms with Crippen molar-refractivity contribution in [3.8, 4) is 0 Å². The van der Waals surface area contributed by atoms with Gasteiger partial charge in [-0.05, 0) is 32.4 Å². The van der Waals surface area contributed by atoms with Crippen LogP contribution in [0.1, 0.15) is 33.7 Å². The summed E-state index contributed by atoms with van der Waals surface area (Å²) in [5, 5.41) is 16.7. The Hall–Kier alpha value is -3.68. The fourth-order valence-corrected chi connectivity index (χ4v) is 2.88. The van der Waals surface area contributed by atoms with Crippen LogP contribution in [0, 0.1) is 13.8 Å². The van der Waals surface area contributed by atoms with E-state index in [0.717, 1.165) is 27.9 Å². The number of fused-ring (bicyclic) bond motifs is 1. The minimum atomic E-state index is -1.26. The van der Waals surface area contributed by atoms with E-state index in [0.29, 0.717) is 25.0 Å². The monoisotopic (exact) mass is 397 g/mol. The highest BCUT2D eigenvalue weighted by Crippen LogP contribution is 2.23. The predicted molar refractivity (Wildman–Crippen MR) is 108 cm³/mol. The van der Waals surface area contributed by atoms with Crippen LogP contribution < -0.4 is 0 Å². The summed E-state index contributed by atoms with van der Waals surface area (Å²) in [5.74, 6) is -2.34. The van der Waals surface area contributed by atoms with Gasteiger partial charge < -0.3 is 19.8 Å². The second kappa shape index (κ2) is 9.50. The molecule has 0 spiro atoms. The average Bonchev–Trinajstić information content (AvgIpc) is 3.21. The van der Waals surface area contributed by atoms with Gasteiger partial charge in [-0.15, -0.1) is 0 Å². The molecule has 0 aliphatic carbocycles. The lowest BCUT2D eigenvalue weighted by molar-refractivity contribution is -0.134. The van der Waals surface area contributed by atoms with Gasteiger partial charge in [0.15, 0.2) is 5.78 Å². The Morgan fingerprint density at radius 3 is 2.34 bits per heavy atom. The summed E-state index contributed by atoms with van der Waals surface area (Å²) in [5.41, 5.74) is 5.09. The first kappa shape index (κ1) is 21.6. The fraction of sp³-hybridized carbons (Fsp3) is 0.238. The highest BCUT2D eigenvalue weighted by Gasteiger charge is 2.15. The molecule has 0 saturated carbocycles. The predicted octanol–water partition coefficient (Wildman–Crippen LogP) is 3.05. The standard InChI is InChI=1S/C17H19N3O.C4H4O4/c1-11-4-6-16-13(8-11)14(9-20(16)3)17(21)7-5-15-12(2)18-10-19-15;5-3(6)1-2-4(7)8/h4,6,8-10H,5,7H2,1-3H3,(H,18,19);1-2H,(H,5,6)(H,7,8)/b;2-1-. The molecule has 0 bridgehead atoms. The number of nitrogens with one attached hydrogen (secondary N) is 1.